The molecule has 1 aromatic heterocycles. The van der Waals surface area contributed by atoms with Gasteiger partial charge in [-0.1, -0.05) is 19.0 Å². The van der Waals surface area contributed by atoms with Crippen molar-refractivity contribution in [2.75, 3.05) is 13.1 Å². The zero-order valence-electron chi connectivity index (χ0n) is 10.3. The zero-order valence-corrected chi connectivity index (χ0v) is 10.3. The summed E-state index contributed by atoms with van der Waals surface area (Å²) in [6.45, 7) is 5.66. The largest absolute Gasteiger partial charge is 0.364 e. The van der Waals surface area contributed by atoms with Crippen LogP contribution in [-0.2, 0) is 11.2 Å². The quantitative estimate of drug-likeness (QED) is 0.826. The first-order valence-electron chi connectivity index (χ1n) is 5.91. The van der Waals surface area contributed by atoms with E-state index in [0.717, 1.165) is 13.0 Å². The van der Waals surface area contributed by atoms with E-state index in [1.54, 1.807) is 6.07 Å². The predicted molar refractivity (Wildman–Crippen MR) is 63.2 cm³/mol. The van der Waals surface area contributed by atoms with Gasteiger partial charge in [0.1, 0.15) is 6.26 Å². The van der Waals surface area contributed by atoms with E-state index in [9.17, 15) is 4.79 Å². The van der Waals surface area contributed by atoms with Crippen LogP contribution in [0, 0.1) is 5.41 Å². The molecule has 0 aromatic carbocycles. The number of carbonyl (C=O) groups is 1. The topological polar surface area (TPSA) is 72.4 Å². The van der Waals surface area contributed by atoms with Gasteiger partial charge in [-0.2, -0.15) is 0 Å². The zero-order chi connectivity index (χ0) is 12.5. The number of hydrogen-bond acceptors (Lipinski definition) is 4. The van der Waals surface area contributed by atoms with Crippen LogP contribution in [0.3, 0.4) is 0 Å². The highest BCUT2D eigenvalue weighted by Gasteiger charge is 2.35. The van der Waals surface area contributed by atoms with Crippen molar-refractivity contribution in [1.82, 2.24) is 10.1 Å². The third-order valence-corrected chi connectivity index (χ3v) is 3.49. The van der Waals surface area contributed by atoms with E-state index in [1.165, 1.54) is 6.26 Å². The van der Waals surface area contributed by atoms with Gasteiger partial charge in [-0.3, -0.25) is 4.79 Å². The third kappa shape index (κ3) is 2.66. The second kappa shape index (κ2) is 4.49. The number of carbonyl (C=O) groups excluding carboxylic acids is 1. The van der Waals surface area contributed by atoms with Gasteiger partial charge in [0.2, 0.25) is 5.91 Å². The second-order valence-corrected chi connectivity index (χ2v) is 5.37. The molecule has 2 N–H and O–H groups in total. The summed E-state index contributed by atoms with van der Waals surface area (Å²) in [4.78, 5) is 13.9. The predicted octanol–water partition coefficient (Wildman–Crippen LogP) is 0.803. The van der Waals surface area contributed by atoms with E-state index >= 15 is 0 Å². The Morgan fingerprint density at radius 2 is 2.47 bits per heavy atom. The van der Waals surface area contributed by atoms with Gasteiger partial charge in [0.05, 0.1) is 12.1 Å². The minimum absolute atomic E-state index is 0.0161. The number of amides is 1. The molecule has 5 nitrogen and oxygen atoms in total. The van der Waals surface area contributed by atoms with E-state index in [-0.39, 0.29) is 17.4 Å². The molecule has 1 unspecified atom stereocenters. The van der Waals surface area contributed by atoms with Crippen LogP contribution in [0.15, 0.2) is 16.9 Å². The van der Waals surface area contributed by atoms with Crippen LogP contribution in [0.2, 0.25) is 0 Å². The minimum atomic E-state index is -0.0161. The van der Waals surface area contributed by atoms with Gasteiger partial charge in [-0.05, 0) is 11.8 Å². The smallest absolute Gasteiger partial charge is 0.228 e. The molecule has 1 aliphatic heterocycles. The molecular weight excluding hydrogens is 218 g/mol. The van der Waals surface area contributed by atoms with Crippen LogP contribution < -0.4 is 5.73 Å². The molecule has 0 aliphatic carbocycles. The van der Waals surface area contributed by atoms with Gasteiger partial charge in [-0.15, -0.1) is 0 Å². The standard InChI is InChI=1S/C12H19N3O2/c1-12(2)8-15(5-3-10(12)13)11(16)7-9-4-6-17-14-9/h4,6,10H,3,5,7-8,13H2,1-2H3. The highest BCUT2D eigenvalue weighted by atomic mass is 16.5. The molecule has 2 heterocycles. The lowest BCUT2D eigenvalue weighted by Gasteiger charge is -2.42. The highest BCUT2D eigenvalue weighted by Crippen LogP contribution is 2.27. The van der Waals surface area contributed by atoms with E-state index in [2.05, 4.69) is 19.0 Å². The maximum absolute atomic E-state index is 12.1. The summed E-state index contributed by atoms with van der Waals surface area (Å²) >= 11 is 0. The lowest BCUT2D eigenvalue weighted by molar-refractivity contribution is -0.134. The third-order valence-electron chi connectivity index (χ3n) is 3.49. The Balaban J connectivity index is 1.97. The van der Waals surface area contributed by atoms with Crippen LogP contribution in [0.5, 0.6) is 0 Å². The molecule has 1 aliphatic rings. The van der Waals surface area contributed by atoms with Crippen molar-refractivity contribution in [3.8, 4) is 0 Å². The summed E-state index contributed by atoms with van der Waals surface area (Å²) in [5.41, 5.74) is 6.71. The Morgan fingerprint density at radius 1 is 1.71 bits per heavy atom. The number of aromatic nitrogens is 1. The molecule has 17 heavy (non-hydrogen) atoms. The molecule has 0 radical (unpaired) electrons. The van der Waals surface area contributed by atoms with Crippen LogP contribution in [0.1, 0.15) is 26.0 Å². The Labute approximate surface area is 101 Å². The van der Waals surface area contributed by atoms with Crippen molar-refractivity contribution < 1.29 is 9.32 Å². The Kier molecular flexibility index (Phi) is 3.19. The van der Waals surface area contributed by atoms with Crippen LogP contribution in [0.4, 0.5) is 0 Å². The highest BCUT2D eigenvalue weighted by molar-refractivity contribution is 5.78. The van der Waals surface area contributed by atoms with E-state index in [1.807, 2.05) is 4.90 Å². The van der Waals surface area contributed by atoms with Gasteiger partial charge in [0.15, 0.2) is 0 Å². The van der Waals surface area contributed by atoms with Crippen LogP contribution in [-0.4, -0.2) is 35.1 Å². The summed E-state index contributed by atoms with van der Waals surface area (Å²) < 4.78 is 4.72. The van der Waals surface area contributed by atoms with Crippen LogP contribution in [0.25, 0.3) is 0 Å². The summed E-state index contributed by atoms with van der Waals surface area (Å²) in [7, 11) is 0. The molecule has 94 valence electrons. The van der Waals surface area contributed by atoms with Gasteiger partial charge >= 0.3 is 0 Å². The fraction of sp³-hybridized carbons (Fsp3) is 0.667. The molecule has 2 rings (SSSR count). The van der Waals surface area contributed by atoms with Crippen molar-refractivity contribution in [1.29, 1.82) is 0 Å². The number of nitrogens with two attached hydrogens (primary N) is 1. The number of nitrogens with zero attached hydrogens (tertiary/aromatic N) is 2. The molecule has 1 aromatic rings. The van der Waals surface area contributed by atoms with Crippen molar-refractivity contribution in [3.63, 3.8) is 0 Å². The van der Waals surface area contributed by atoms with Crippen molar-refractivity contribution in [3.05, 3.63) is 18.0 Å². The van der Waals surface area contributed by atoms with Gasteiger partial charge in [0, 0.05) is 25.2 Å². The normalized spacial score (nSPS) is 23.7. The minimum Gasteiger partial charge on any atom is -0.364 e. The van der Waals surface area contributed by atoms with Crippen molar-refractivity contribution >= 4 is 5.91 Å². The molecule has 0 spiro atoms. The number of piperidine rings is 1. The maximum atomic E-state index is 12.1. The molecule has 1 amide bonds. The summed E-state index contributed by atoms with van der Waals surface area (Å²) in [5.74, 6) is 0.0962. The average molecular weight is 237 g/mol. The Hall–Kier alpha value is -1.36. The van der Waals surface area contributed by atoms with E-state index < -0.39 is 0 Å². The number of hydrogen-bond donors (Lipinski definition) is 1. The summed E-state index contributed by atoms with van der Waals surface area (Å²) in [6.07, 6.45) is 2.65. The monoisotopic (exact) mass is 237 g/mol. The average Bonchev–Trinajstić information content (AvgIpc) is 2.74. The fourth-order valence-electron chi connectivity index (χ4n) is 2.18. The first kappa shape index (κ1) is 12.1. The first-order valence-corrected chi connectivity index (χ1v) is 5.91. The second-order valence-electron chi connectivity index (χ2n) is 5.37. The lowest BCUT2D eigenvalue weighted by atomic mass is 9.79. The summed E-state index contributed by atoms with van der Waals surface area (Å²) in [6, 6.07) is 1.89. The van der Waals surface area contributed by atoms with Crippen LogP contribution >= 0.6 is 0 Å². The lowest BCUT2D eigenvalue weighted by Crippen LogP contribution is -2.54. The van der Waals surface area contributed by atoms with Crippen molar-refractivity contribution in [2.24, 2.45) is 11.1 Å². The van der Waals surface area contributed by atoms with Gasteiger partial charge < -0.3 is 15.2 Å². The molecule has 0 saturated carbocycles. The molecule has 5 heteroatoms. The molecule has 1 saturated heterocycles. The van der Waals surface area contributed by atoms with Crippen molar-refractivity contribution in [2.45, 2.75) is 32.7 Å². The van der Waals surface area contributed by atoms with E-state index in [0.29, 0.717) is 18.7 Å². The molecule has 0 bridgehead atoms. The summed E-state index contributed by atoms with van der Waals surface area (Å²) in [5, 5.41) is 3.76. The number of likely N-dealkylation sites (tertiary alicyclic amines) is 1. The Morgan fingerprint density at radius 3 is 3.06 bits per heavy atom. The van der Waals surface area contributed by atoms with Gasteiger partial charge in [-0.25, -0.2) is 0 Å². The van der Waals surface area contributed by atoms with E-state index in [4.69, 9.17) is 10.3 Å². The molecule has 1 fully saturated rings. The van der Waals surface area contributed by atoms with Gasteiger partial charge in [0.25, 0.3) is 0 Å². The maximum Gasteiger partial charge on any atom is 0.228 e. The SMILES string of the molecule is CC1(C)CN(C(=O)Cc2ccon2)CCC1N. The fourth-order valence-corrected chi connectivity index (χ4v) is 2.18. The number of rotatable bonds is 2. The molecular formula is C12H19N3O2. The molecule has 1 atom stereocenters. The Bertz CT molecular complexity index is 386. The first-order chi connectivity index (χ1) is 7.99.